The van der Waals surface area contributed by atoms with E-state index in [4.69, 9.17) is 16.0 Å². The van der Waals surface area contributed by atoms with Gasteiger partial charge in [-0.15, -0.1) is 0 Å². The van der Waals surface area contributed by atoms with Crippen LogP contribution in [0.4, 0.5) is 13.2 Å². The number of nitrogens with zero attached hydrogens (tertiary/aromatic N) is 1. The van der Waals surface area contributed by atoms with E-state index in [1.165, 1.54) is 30.5 Å². The molecule has 1 N–H and O–H groups in total. The Balaban J connectivity index is 1.50. The van der Waals surface area contributed by atoms with Crippen molar-refractivity contribution in [1.29, 1.82) is 0 Å². The van der Waals surface area contributed by atoms with Gasteiger partial charge in [0.2, 0.25) is 9.84 Å². The molecule has 2 heterocycles. The summed E-state index contributed by atoms with van der Waals surface area (Å²) in [5.41, 5.74) is -0.202. The first kappa shape index (κ1) is 22.8. The maximum Gasteiger partial charge on any atom is 0.417 e. The molecule has 170 valence electrons. The van der Waals surface area contributed by atoms with Gasteiger partial charge in [0, 0.05) is 18.1 Å². The fourth-order valence-electron chi connectivity index (χ4n) is 3.12. The van der Waals surface area contributed by atoms with Gasteiger partial charge in [0.25, 0.3) is 5.91 Å². The third-order valence-corrected chi connectivity index (χ3v) is 7.12. The molecule has 2 aromatic heterocycles. The van der Waals surface area contributed by atoms with Crippen LogP contribution in [0.25, 0.3) is 11.0 Å². The van der Waals surface area contributed by atoms with Gasteiger partial charge in [0.15, 0.2) is 11.3 Å². The molecule has 0 bridgehead atoms. The van der Waals surface area contributed by atoms with Crippen molar-refractivity contribution in [3.63, 3.8) is 0 Å². The SMILES string of the molecule is O=C(NCc1ccc(S(=O)(=O)c2cccc(C(F)(F)F)c2Cl)cc1)c1cc2ccncc2o1. The van der Waals surface area contributed by atoms with E-state index >= 15 is 0 Å². The number of furan rings is 1. The first-order valence-electron chi connectivity index (χ1n) is 9.39. The van der Waals surface area contributed by atoms with Crippen LogP contribution in [0.5, 0.6) is 0 Å². The van der Waals surface area contributed by atoms with Crippen molar-refractivity contribution in [2.75, 3.05) is 0 Å². The number of nitrogens with one attached hydrogen (secondary N) is 1. The Hall–Kier alpha value is -3.37. The van der Waals surface area contributed by atoms with E-state index in [1.54, 1.807) is 18.3 Å². The lowest BCUT2D eigenvalue weighted by atomic mass is 10.2. The first-order valence-corrected chi connectivity index (χ1v) is 11.2. The molecule has 1 amide bonds. The fraction of sp³-hybridized carbons (Fsp3) is 0.0909. The lowest BCUT2D eigenvalue weighted by molar-refractivity contribution is -0.137. The Kier molecular flexibility index (Phi) is 5.89. The molecule has 0 fully saturated rings. The zero-order valence-electron chi connectivity index (χ0n) is 16.6. The zero-order valence-corrected chi connectivity index (χ0v) is 18.1. The molecular formula is C22H14ClF3N2O4S. The number of alkyl halides is 3. The highest BCUT2D eigenvalue weighted by Gasteiger charge is 2.36. The van der Waals surface area contributed by atoms with Crippen molar-refractivity contribution in [1.82, 2.24) is 10.3 Å². The topological polar surface area (TPSA) is 89.3 Å². The van der Waals surface area contributed by atoms with Crippen LogP contribution in [0.2, 0.25) is 5.02 Å². The number of amides is 1. The molecule has 0 aliphatic rings. The van der Waals surface area contributed by atoms with Gasteiger partial charge < -0.3 is 9.73 Å². The molecule has 0 spiro atoms. The Bertz CT molecular complexity index is 1420. The lowest BCUT2D eigenvalue weighted by Crippen LogP contribution is -2.22. The van der Waals surface area contributed by atoms with Crippen molar-refractivity contribution in [2.24, 2.45) is 0 Å². The molecule has 0 unspecified atom stereocenters. The van der Waals surface area contributed by atoms with Gasteiger partial charge in [-0.1, -0.05) is 29.8 Å². The maximum atomic E-state index is 13.1. The number of sulfone groups is 1. The van der Waals surface area contributed by atoms with Crippen LogP contribution in [-0.2, 0) is 22.6 Å². The lowest BCUT2D eigenvalue weighted by Gasteiger charge is -2.13. The summed E-state index contributed by atoms with van der Waals surface area (Å²) in [6.07, 6.45) is -1.73. The zero-order chi connectivity index (χ0) is 23.8. The normalized spacial score (nSPS) is 12.1. The van der Waals surface area contributed by atoms with Crippen molar-refractivity contribution in [3.8, 4) is 0 Å². The van der Waals surface area contributed by atoms with Gasteiger partial charge in [0.05, 0.1) is 26.6 Å². The predicted octanol–water partition coefficient (Wildman–Crippen LogP) is 5.26. The molecule has 0 aliphatic carbocycles. The number of carbonyl (C=O) groups is 1. The molecule has 4 aromatic rings. The number of hydrogen-bond acceptors (Lipinski definition) is 5. The molecule has 0 aliphatic heterocycles. The fourth-order valence-corrected chi connectivity index (χ4v) is 5.01. The van der Waals surface area contributed by atoms with Crippen LogP contribution in [0, 0.1) is 0 Å². The van der Waals surface area contributed by atoms with Crippen molar-refractivity contribution in [2.45, 2.75) is 22.5 Å². The van der Waals surface area contributed by atoms with E-state index in [2.05, 4.69) is 10.3 Å². The summed E-state index contributed by atoms with van der Waals surface area (Å²) in [6, 6.07) is 11.3. The maximum absolute atomic E-state index is 13.1. The number of fused-ring (bicyclic) bond motifs is 1. The molecule has 0 saturated carbocycles. The van der Waals surface area contributed by atoms with E-state index in [-0.39, 0.29) is 17.2 Å². The second-order valence-electron chi connectivity index (χ2n) is 6.97. The number of carbonyl (C=O) groups excluding carboxylic acids is 1. The molecule has 0 radical (unpaired) electrons. The second kappa shape index (κ2) is 8.53. The number of rotatable bonds is 5. The van der Waals surface area contributed by atoms with E-state index in [0.717, 1.165) is 17.5 Å². The third kappa shape index (κ3) is 4.57. The highest BCUT2D eigenvalue weighted by atomic mass is 35.5. The van der Waals surface area contributed by atoms with Crippen molar-refractivity contribution >= 4 is 38.3 Å². The quantitative estimate of drug-likeness (QED) is 0.408. The largest absolute Gasteiger partial charge is 0.449 e. The Labute approximate surface area is 190 Å². The summed E-state index contributed by atoms with van der Waals surface area (Å²) >= 11 is 5.77. The van der Waals surface area contributed by atoms with E-state index in [1.807, 2.05) is 0 Å². The molecule has 11 heteroatoms. The van der Waals surface area contributed by atoms with Crippen LogP contribution >= 0.6 is 11.6 Å². The van der Waals surface area contributed by atoms with E-state index in [0.29, 0.717) is 17.2 Å². The van der Waals surface area contributed by atoms with Crippen molar-refractivity contribution < 1.29 is 30.8 Å². The van der Waals surface area contributed by atoms with Gasteiger partial charge in [-0.05, 0) is 42.0 Å². The third-order valence-electron chi connectivity index (χ3n) is 4.79. The Morgan fingerprint density at radius 1 is 1.09 bits per heavy atom. The van der Waals surface area contributed by atoms with Gasteiger partial charge in [0.1, 0.15) is 0 Å². The average molecular weight is 495 g/mol. The van der Waals surface area contributed by atoms with Crippen LogP contribution < -0.4 is 5.32 Å². The van der Waals surface area contributed by atoms with Gasteiger partial charge in [-0.3, -0.25) is 9.78 Å². The molecule has 33 heavy (non-hydrogen) atoms. The van der Waals surface area contributed by atoms with Crippen molar-refractivity contribution in [3.05, 3.63) is 88.9 Å². The molecule has 0 atom stereocenters. The second-order valence-corrected chi connectivity index (χ2v) is 9.27. The first-order chi connectivity index (χ1) is 15.6. The molecule has 4 rings (SSSR count). The van der Waals surface area contributed by atoms with Crippen LogP contribution in [0.1, 0.15) is 21.7 Å². The van der Waals surface area contributed by atoms with Gasteiger partial charge in [-0.25, -0.2) is 8.42 Å². The summed E-state index contributed by atoms with van der Waals surface area (Å²) in [6.45, 7) is 0.0682. The minimum absolute atomic E-state index is 0.0682. The van der Waals surface area contributed by atoms with Gasteiger partial charge in [-0.2, -0.15) is 13.2 Å². The number of benzene rings is 2. The van der Waals surface area contributed by atoms with Crippen LogP contribution in [-0.4, -0.2) is 19.3 Å². The van der Waals surface area contributed by atoms with Crippen LogP contribution in [0.3, 0.4) is 0 Å². The van der Waals surface area contributed by atoms with E-state index in [9.17, 15) is 26.4 Å². The average Bonchev–Trinajstić information content (AvgIpc) is 3.21. The molecular weight excluding hydrogens is 481 g/mol. The summed E-state index contributed by atoms with van der Waals surface area (Å²) in [5, 5.41) is 2.48. The predicted molar refractivity (Wildman–Crippen MR) is 114 cm³/mol. The number of hydrogen-bond donors (Lipinski definition) is 1. The minimum Gasteiger partial charge on any atom is -0.449 e. The Morgan fingerprint density at radius 2 is 1.82 bits per heavy atom. The molecule has 6 nitrogen and oxygen atoms in total. The Morgan fingerprint density at radius 3 is 2.48 bits per heavy atom. The number of aromatic nitrogens is 1. The summed E-state index contributed by atoms with van der Waals surface area (Å²) < 4.78 is 70.4. The summed E-state index contributed by atoms with van der Waals surface area (Å²) in [7, 11) is -4.30. The van der Waals surface area contributed by atoms with Crippen LogP contribution in [0.15, 0.2) is 81.2 Å². The highest BCUT2D eigenvalue weighted by molar-refractivity contribution is 7.91. The molecule has 0 saturated heterocycles. The summed E-state index contributed by atoms with van der Waals surface area (Å²) in [4.78, 5) is 15.4. The van der Waals surface area contributed by atoms with Gasteiger partial charge >= 0.3 is 6.18 Å². The summed E-state index contributed by atoms with van der Waals surface area (Å²) in [5.74, 6) is -0.380. The number of halogens is 4. The molecule has 2 aromatic carbocycles. The van der Waals surface area contributed by atoms with E-state index < -0.39 is 37.4 Å². The smallest absolute Gasteiger partial charge is 0.417 e. The highest BCUT2D eigenvalue weighted by Crippen LogP contribution is 2.39. The monoisotopic (exact) mass is 494 g/mol. The minimum atomic E-state index is -4.79. The number of pyridine rings is 1. The standard InChI is InChI=1S/C22H14ClF3N2O4S/c23-20-16(22(24,25)26)2-1-3-19(20)33(30,31)15-6-4-13(5-7-15)11-28-21(29)17-10-14-8-9-27-12-18(14)32-17/h1-10,12H,11H2,(H,28,29).